The predicted octanol–water partition coefficient (Wildman–Crippen LogP) is 9.94. The van der Waals surface area contributed by atoms with Crippen molar-refractivity contribution >= 4 is 0 Å². The number of rotatable bonds is 15. The molecule has 2 saturated carbocycles. The molecule has 0 spiro atoms. The molecule has 0 amide bonds. The van der Waals surface area contributed by atoms with Crippen molar-refractivity contribution in [2.45, 2.75) is 135 Å². The molecule has 0 aromatic carbocycles. The van der Waals surface area contributed by atoms with Crippen LogP contribution in [-0.4, -0.2) is 0 Å². The number of hydrogen-bond donors (Lipinski definition) is 0. The molecular weight excluding hydrogens is 374 g/mol. The Kier molecular flexibility index (Phi) is 14.8. The van der Waals surface area contributed by atoms with E-state index in [9.17, 15) is 0 Å². The summed E-state index contributed by atoms with van der Waals surface area (Å²) in [7, 11) is 0. The summed E-state index contributed by atoms with van der Waals surface area (Å²) in [5.41, 5.74) is 0. The summed E-state index contributed by atoms with van der Waals surface area (Å²) in [4.78, 5) is 0. The van der Waals surface area contributed by atoms with Gasteiger partial charge < -0.3 is 0 Å². The van der Waals surface area contributed by atoms with Crippen molar-refractivity contribution in [3.8, 4) is 6.07 Å². The first-order valence-corrected chi connectivity index (χ1v) is 14.0. The van der Waals surface area contributed by atoms with Gasteiger partial charge in [-0.2, -0.15) is 5.26 Å². The molecule has 0 aromatic heterocycles. The van der Waals surface area contributed by atoms with E-state index in [0.717, 1.165) is 23.7 Å². The molecule has 0 unspecified atom stereocenters. The lowest BCUT2D eigenvalue weighted by Crippen LogP contribution is -2.15. The van der Waals surface area contributed by atoms with Crippen LogP contribution in [0.25, 0.3) is 0 Å². The lowest BCUT2D eigenvalue weighted by molar-refractivity contribution is 0.232. The van der Waals surface area contributed by atoms with E-state index in [4.69, 9.17) is 5.26 Å². The summed E-state index contributed by atoms with van der Waals surface area (Å²) in [6, 6.07) is 2.03. The van der Waals surface area contributed by atoms with Crippen LogP contribution in [0.3, 0.4) is 0 Å². The molecule has 1 heteroatoms. The van der Waals surface area contributed by atoms with Crippen molar-refractivity contribution in [3.63, 3.8) is 0 Å². The molecule has 0 heterocycles. The average molecular weight is 426 g/mol. The van der Waals surface area contributed by atoms with Crippen LogP contribution in [0.2, 0.25) is 0 Å². The van der Waals surface area contributed by atoms with E-state index in [-0.39, 0.29) is 0 Å². The highest BCUT2D eigenvalue weighted by Gasteiger charge is 2.22. The van der Waals surface area contributed by atoms with Gasteiger partial charge in [0.1, 0.15) is 0 Å². The maximum absolute atomic E-state index is 8.48. The van der Waals surface area contributed by atoms with E-state index in [0.29, 0.717) is 0 Å². The summed E-state index contributed by atoms with van der Waals surface area (Å²) >= 11 is 0. The van der Waals surface area contributed by atoms with Crippen molar-refractivity contribution in [1.82, 2.24) is 0 Å². The minimum Gasteiger partial charge on any atom is -0.193 e. The normalized spacial score (nSPS) is 27.1. The quantitative estimate of drug-likeness (QED) is 0.145. The van der Waals surface area contributed by atoms with Gasteiger partial charge in [0.25, 0.3) is 0 Å². The van der Waals surface area contributed by atoms with Crippen LogP contribution in [0.15, 0.2) is 24.3 Å². The van der Waals surface area contributed by atoms with Crippen LogP contribution in [0.5, 0.6) is 0 Å². The minimum absolute atomic E-state index is 0.947. The summed E-state index contributed by atoms with van der Waals surface area (Å²) in [6.07, 6.45) is 36.9. The second-order valence-corrected chi connectivity index (χ2v) is 10.8. The maximum atomic E-state index is 8.48. The van der Waals surface area contributed by atoms with Crippen molar-refractivity contribution in [2.24, 2.45) is 23.7 Å². The Balaban J connectivity index is 1.42. The SMILES string of the molecule is CCCCCCCC1CCC(CCCCC2CCC(CCC=CC=CC#N)CC2)CC1. The van der Waals surface area contributed by atoms with Crippen molar-refractivity contribution in [1.29, 1.82) is 5.26 Å². The lowest BCUT2D eigenvalue weighted by Gasteiger charge is -2.30. The summed E-state index contributed by atoms with van der Waals surface area (Å²) in [5, 5.41) is 8.48. The topological polar surface area (TPSA) is 23.8 Å². The molecular formula is C30H51N. The van der Waals surface area contributed by atoms with Crippen molar-refractivity contribution in [2.75, 3.05) is 0 Å². The van der Waals surface area contributed by atoms with Gasteiger partial charge in [-0.15, -0.1) is 0 Å². The highest BCUT2D eigenvalue weighted by Crippen LogP contribution is 2.36. The van der Waals surface area contributed by atoms with Crippen LogP contribution >= 0.6 is 0 Å². The van der Waals surface area contributed by atoms with Gasteiger partial charge in [-0.1, -0.05) is 141 Å². The van der Waals surface area contributed by atoms with E-state index < -0.39 is 0 Å². The third-order valence-electron chi connectivity index (χ3n) is 8.28. The molecule has 0 N–H and O–H groups in total. The number of nitriles is 1. The Morgan fingerprint density at radius 2 is 1.06 bits per heavy atom. The van der Waals surface area contributed by atoms with Crippen LogP contribution in [0, 0.1) is 35.0 Å². The standard InChI is InChI=1S/C30H51N/c1-2-3-4-6-9-14-27-18-22-29(23-19-27)16-11-12-17-30-24-20-28(21-25-30)15-10-7-5-8-13-26-31/h5,7-8,13,27-30H,2-4,6,9-12,14-25H2,1H3. The molecule has 2 aliphatic rings. The van der Waals surface area contributed by atoms with Gasteiger partial charge in [-0.05, 0) is 36.5 Å². The van der Waals surface area contributed by atoms with Crippen LogP contribution in [0.4, 0.5) is 0 Å². The number of nitrogens with zero attached hydrogens (tertiary/aromatic N) is 1. The maximum Gasteiger partial charge on any atom is 0.0912 e. The first-order valence-electron chi connectivity index (χ1n) is 14.0. The van der Waals surface area contributed by atoms with Crippen molar-refractivity contribution < 1.29 is 0 Å². The molecule has 1 nitrogen and oxygen atoms in total. The van der Waals surface area contributed by atoms with Gasteiger partial charge in [-0.3, -0.25) is 0 Å². The van der Waals surface area contributed by atoms with E-state index >= 15 is 0 Å². The Hall–Kier alpha value is -1.03. The van der Waals surface area contributed by atoms with Crippen LogP contribution in [-0.2, 0) is 0 Å². The molecule has 0 bridgehead atoms. The van der Waals surface area contributed by atoms with Crippen LogP contribution in [0.1, 0.15) is 135 Å². The molecule has 0 atom stereocenters. The largest absolute Gasteiger partial charge is 0.193 e. The Morgan fingerprint density at radius 1 is 0.613 bits per heavy atom. The van der Waals surface area contributed by atoms with E-state index in [1.165, 1.54) is 128 Å². The molecule has 2 rings (SSSR count). The third kappa shape index (κ3) is 12.6. The Morgan fingerprint density at radius 3 is 1.55 bits per heavy atom. The fourth-order valence-corrected chi connectivity index (χ4v) is 6.13. The summed E-state index contributed by atoms with van der Waals surface area (Å²) < 4.78 is 0. The highest BCUT2D eigenvalue weighted by molar-refractivity contribution is 5.11. The van der Waals surface area contributed by atoms with Gasteiger partial charge in [-0.25, -0.2) is 0 Å². The van der Waals surface area contributed by atoms with Gasteiger partial charge in [0.05, 0.1) is 6.07 Å². The fourth-order valence-electron chi connectivity index (χ4n) is 6.13. The minimum atomic E-state index is 0.947. The van der Waals surface area contributed by atoms with E-state index in [2.05, 4.69) is 13.0 Å². The molecule has 176 valence electrons. The van der Waals surface area contributed by atoms with E-state index in [1.54, 1.807) is 6.08 Å². The molecule has 0 aromatic rings. The van der Waals surface area contributed by atoms with E-state index in [1.807, 2.05) is 18.2 Å². The second kappa shape index (κ2) is 17.5. The number of allylic oxidation sites excluding steroid dienone is 4. The fraction of sp³-hybridized carbons (Fsp3) is 0.833. The summed E-state index contributed by atoms with van der Waals surface area (Å²) in [6.45, 7) is 2.31. The van der Waals surface area contributed by atoms with Crippen molar-refractivity contribution in [3.05, 3.63) is 24.3 Å². The molecule has 0 radical (unpaired) electrons. The summed E-state index contributed by atoms with van der Waals surface area (Å²) in [5.74, 6) is 4.09. The van der Waals surface area contributed by atoms with Crippen LogP contribution < -0.4 is 0 Å². The first kappa shape index (κ1) is 26.2. The van der Waals surface area contributed by atoms with Gasteiger partial charge >= 0.3 is 0 Å². The predicted molar refractivity (Wildman–Crippen MR) is 136 cm³/mol. The van der Waals surface area contributed by atoms with Gasteiger partial charge in [0.2, 0.25) is 0 Å². The molecule has 0 aliphatic heterocycles. The smallest absolute Gasteiger partial charge is 0.0912 e. The third-order valence-corrected chi connectivity index (χ3v) is 8.28. The first-order chi connectivity index (χ1) is 15.3. The molecule has 2 fully saturated rings. The zero-order valence-corrected chi connectivity index (χ0v) is 20.7. The molecule has 31 heavy (non-hydrogen) atoms. The monoisotopic (exact) mass is 425 g/mol. The lowest BCUT2D eigenvalue weighted by atomic mass is 9.76. The molecule has 2 aliphatic carbocycles. The Bertz CT molecular complexity index is 509. The second-order valence-electron chi connectivity index (χ2n) is 10.8. The zero-order valence-electron chi connectivity index (χ0n) is 20.7. The highest BCUT2D eigenvalue weighted by atomic mass is 14.3. The van der Waals surface area contributed by atoms with Gasteiger partial charge in [0, 0.05) is 6.08 Å². The zero-order chi connectivity index (χ0) is 22.0. The Labute approximate surface area is 194 Å². The molecule has 0 saturated heterocycles. The number of unbranched alkanes of at least 4 members (excludes halogenated alkanes) is 5. The number of hydrogen-bond acceptors (Lipinski definition) is 1. The van der Waals surface area contributed by atoms with Gasteiger partial charge in [0.15, 0.2) is 0 Å². The average Bonchev–Trinajstić information content (AvgIpc) is 2.81.